The molecule has 1 aliphatic carbocycles. The van der Waals surface area contributed by atoms with E-state index < -0.39 is 0 Å². The first-order chi connectivity index (χ1) is 12.2. The maximum absolute atomic E-state index is 12.5. The molecule has 1 N–H and O–H groups in total. The highest BCUT2D eigenvalue weighted by Crippen LogP contribution is 2.40. The first-order valence-corrected chi connectivity index (χ1v) is 9.31. The molecule has 2 heterocycles. The van der Waals surface area contributed by atoms with Gasteiger partial charge in [-0.25, -0.2) is 4.68 Å². The molecule has 0 radical (unpaired) electrons. The van der Waals surface area contributed by atoms with Crippen LogP contribution in [0.4, 0.5) is 5.82 Å². The zero-order valence-electron chi connectivity index (χ0n) is 14.8. The van der Waals surface area contributed by atoms with Gasteiger partial charge in [0.25, 0.3) is 0 Å². The van der Waals surface area contributed by atoms with E-state index in [0.717, 1.165) is 25.3 Å². The second-order valence-corrected chi connectivity index (χ2v) is 7.42. The van der Waals surface area contributed by atoms with Crippen LogP contribution in [-0.2, 0) is 4.79 Å². The lowest BCUT2D eigenvalue weighted by Gasteiger charge is -2.18. The second kappa shape index (κ2) is 7.00. The van der Waals surface area contributed by atoms with E-state index in [2.05, 4.69) is 52.6 Å². The number of anilines is 1. The molecule has 5 nitrogen and oxygen atoms in total. The monoisotopic (exact) mass is 338 g/mol. The fraction of sp³-hybridized carbons (Fsp3) is 0.500. The van der Waals surface area contributed by atoms with Crippen molar-refractivity contribution in [3.63, 3.8) is 0 Å². The highest BCUT2D eigenvalue weighted by molar-refractivity contribution is 5.91. The lowest BCUT2D eigenvalue weighted by Crippen LogP contribution is -2.32. The third-order valence-electron chi connectivity index (χ3n) is 5.54. The normalized spacial score (nSPS) is 22.0. The molecule has 1 aromatic carbocycles. The van der Waals surface area contributed by atoms with Gasteiger partial charge in [-0.3, -0.25) is 9.69 Å². The number of aromatic nitrogens is 2. The Balaban J connectivity index is 1.32. The van der Waals surface area contributed by atoms with E-state index in [1.54, 1.807) is 6.20 Å². The maximum atomic E-state index is 12.5. The van der Waals surface area contributed by atoms with Crippen LogP contribution in [0.1, 0.15) is 43.7 Å². The number of carbonyl (C=O) groups excluding carboxylic acids is 1. The van der Waals surface area contributed by atoms with E-state index in [4.69, 9.17) is 0 Å². The molecule has 4 rings (SSSR count). The van der Waals surface area contributed by atoms with Gasteiger partial charge in [0.1, 0.15) is 5.82 Å². The van der Waals surface area contributed by atoms with Crippen LogP contribution in [0.5, 0.6) is 0 Å². The molecule has 1 aromatic heterocycles. The van der Waals surface area contributed by atoms with Gasteiger partial charge in [-0.2, -0.15) is 5.10 Å². The van der Waals surface area contributed by atoms with Crippen LogP contribution in [0.15, 0.2) is 42.6 Å². The van der Waals surface area contributed by atoms with Crippen LogP contribution in [0.3, 0.4) is 0 Å². The summed E-state index contributed by atoms with van der Waals surface area (Å²) in [5.74, 6) is 2.12. The molecule has 1 amide bonds. The molecule has 1 aliphatic heterocycles. The molecule has 1 saturated carbocycles. The van der Waals surface area contributed by atoms with E-state index >= 15 is 0 Å². The van der Waals surface area contributed by atoms with Crippen molar-refractivity contribution in [1.82, 2.24) is 14.7 Å². The van der Waals surface area contributed by atoms with Crippen molar-refractivity contribution in [2.75, 3.05) is 25.0 Å². The van der Waals surface area contributed by atoms with Gasteiger partial charge in [0.05, 0.1) is 18.8 Å². The molecule has 132 valence electrons. The van der Waals surface area contributed by atoms with E-state index in [1.807, 2.05) is 10.7 Å². The van der Waals surface area contributed by atoms with Gasteiger partial charge in [0, 0.05) is 12.6 Å². The molecule has 2 atom stereocenters. The fourth-order valence-corrected chi connectivity index (χ4v) is 3.88. The van der Waals surface area contributed by atoms with Crippen molar-refractivity contribution in [1.29, 1.82) is 0 Å². The lowest BCUT2D eigenvalue weighted by molar-refractivity contribution is -0.117. The SMILES string of the molecule is C[C@@H](C1CC1)n1nccc1NC(=O)CN1CC[C@H](c2ccccc2)C1. The van der Waals surface area contributed by atoms with E-state index in [1.165, 1.54) is 18.4 Å². The third kappa shape index (κ3) is 3.76. The van der Waals surface area contributed by atoms with Crippen LogP contribution in [-0.4, -0.2) is 40.2 Å². The van der Waals surface area contributed by atoms with Gasteiger partial charge in [-0.05, 0) is 50.1 Å². The second-order valence-electron chi connectivity index (χ2n) is 7.42. The smallest absolute Gasteiger partial charge is 0.239 e. The highest BCUT2D eigenvalue weighted by Gasteiger charge is 2.31. The summed E-state index contributed by atoms with van der Waals surface area (Å²) < 4.78 is 1.96. The fourth-order valence-electron chi connectivity index (χ4n) is 3.88. The Labute approximate surface area is 149 Å². The summed E-state index contributed by atoms with van der Waals surface area (Å²) in [7, 11) is 0. The van der Waals surface area contributed by atoms with Crippen LogP contribution < -0.4 is 5.32 Å². The Kier molecular flexibility index (Phi) is 4.57. The number of hydrogen-bond donors (Lipinski definition) is 1. The Morgan fingerprint density at radius 1 is 1.24 bits per heavy atom. The summed E-state index contributed by atoms with van der Waals surface area (Å²) in [5, 5.41) is 7.46. The van der Waals surface area contributed by atoms with Crippen LogP contribution in [0.25, 0.3) is 0 Å². The first-order valence-electron chi connectivity index (χ1n) is 9.31. The molecular formula is C20H26N4O. The average Bonchev–Trinajstić information content (AvgIpc) is 3.21. The summed E-state index contributed by atoms with van der Waals surface area (Å²) in [6, 6.07) is 12.9. The van der Waals surface area contributed by atoms with Crippen LogP contribution in [0.2, 0.25) is 0 Å². The first kappa shape index (κ1) is 16.3. The highest BCUT2D eigenvalue weighted by atomic mass is 16.2. The Morgan fingerprint density at radius 2 is 2.04 bits per heavy atom. The standard InChI is InChI=1S/C20H26N4O/c1-15(16-7-8-16)24-19(9-11-21-24)22-20(25)14-23-12-10-18(13-23)17-5-3-2-4-6-17/h2-6,9,11,15-16,18H,7-8,10,12-14H2,1H3,(H,22,25)/t15-,18-/m0/s1. The van der Waals surface area contributed by atoms with Crippen molar-refractivity contribution in [2.24, 2.45) is 5.92 Å². The van der Waals surface area contributed by atoms with Gasteiger partial charge in [-0.15, -0.1) is 0 Å². The number of rotatable bonds is 6. The summed E-state index contributed by atoms with van der Waals surface area (Å²) >= 11 is 0. The lowest BCUT2D eigenvalue weighted by atomic mass is 9.99. The molecule has 2 fully saturated rings. The van der Waals surface area contributed by atoms with Crippen LogP contribution >= 0.6 is 0 Å². The molecule has 25 heavy (non-hydrogen) atoms. The van der Waals surface area contributed by atoms with Crippen molar-refractivity contribution in [3.8, 4) is 0 Å². The van der Waals surface area contributed by atoms with Gasteiger partial charge >= 0.3 is 0 Å². The number of likely N-dealkylation sites (tertiary alicyclic amines) is 1. The van der Waals surface area contributed by atoms with E-state index in [9.17, 15) is 4.79 Å². The zero-order valence-corrected chi connectivity index (χ0v) is 14.8. The number of nitrogens with one attached hydrogen (secondary N) is 1. The van der Waals surface area contributed by atoms with Crippen molar-refractivity contribution < 1.29 is 4.79 Å². The predicted molar refractivity (Wildman–Crippen MR) is 98.5 cm³/mol. The van der Waals surface area contributed by atoms with Gasteiger partial charge in [0.2, 0.25) is 5.91 Å². The largest absolute Gasteiger partial charge is 0.310 e. The molecule has 0 spiro atoms. The molecule has 2 aliphatic rings. The van der Waals surface area contributed by atoms with E-state index in [0.29, 0.717) is 24.4 Å². The van der Waals surface area contributed by atoms with Gasteiger partial charge in [-0.1, -0.05) is 30.3 Å². The third-order valence-corrected chi connectivity index (χ3v) is 5.54. The minimum absolute atomic E-state index is 0.0541. The predicted octanol–water partition coefficient (Wildman–Crippen LogP) is 3.28. The minimum atomic E-state index is 0.0541. The number of benzene rings is 1. The molecule has 1 saturated heterocycles. The number of hydrogen-bond acceptors (Lipinski definition) is 3. The topological polar surface area (TPSA) is 50.2 Å². The van der Waals surface area contributed by atoms with Gasteiger partial charge in [0.15, 0.2) is 0 Å². The molecule has 0 unspecified atom stereocenters. The zero-order chi connectivity index (χ0) is 17.2. The molecule has 0 bridgehead atoms. The summed E-state index contributed by atoms with van der Waals surface area (Å²) in [6.45, 7) is 4.57. The van der Waals surface area contributed by atoms with E-state index in [-0.39, 0.29) is 5.91 Å². The van der Waals surface area contributed by atoms with Gasteiger partial charge < -0.3 is 5.32 Å². The maximum Gasteiger partial charge on any atom is 0.239 e. The molecule has 5 heteroatoms. The Morgan fingerprint density at radius 3 is 2.80 bits per heavy atom. The van der Waals surface area contributed by atoms with Crippen LogP contribution in [0, 0.1) is 5.92 Å². The van der Waals surface area contributed by atoms with Crippen molar-refractivity contribution >= 4 is 11.7 Å². The number of amides is 1. The Hall–Kier alpha value is -2.14. The molecule has 2 aromatic rings. The number of carbonyl (C=O) groups is 1. The van der Waals surface area contributed by atoms with Crippen molar-refractivity contribution in [3.05, 3.63) is 48.2 Å². The minimum Gasteiger partial charge on any atom is -0.310 e. The summed E-state index contributed by atoms with van der Waals surface area (Å²) in [6.07, 6.45) is 5.43. The Bertz CT molecular complexity index is 722. The number of nitrogens with zero attached hydrogens (tertiary/aromatic N) is 3. The summed E-state index contributed by atoms with van der Waals surface area (Å²) in [5.41, 5.74) is 1.38. The quantitative estimate of drug-likeness (QED) is 0.879. The molecular weight excluding hydrogens is 312 g/mol. The van der Waals surface area contributed by atoms with Crippen molar-refractivity contribution in [2.45, 2.75) is 38.1 Å². The summed E-state index contributed by atoms with van der Waals surface area (Å²) in [4.78, 5) is 14.7. The average molecular weight is 338 g/mol.